The lowest BCUT2D eigenvalue weighted by Gasteiger charge is -2.04. The summed E-state index contributed by atoms with van der Waals surface area (Å²) < 4.78 is 0. The van der Waals surface area contributed by atoms with Crippen molar-refractivity contribution in [1.29, 1.82) is 5.26 Å². The first-order chi connectivity index (χ1) is 6.33. The normalized spacial score (nSPS) is 15.4. The molecule has 1 aliphatic rings. The molecule has 0 amide bonds. The van der Waals surface area contributed by atoms with Crippen molar-refractivity contribution in [2.24, 2.45) is 0 Å². The summed E-state index contributed by atoms with van der Waals surface area (Å²) in [7, 11) is 0. The van der Waals surface area contributed by atoms with Crippen LogP contribution in [-0.2, 0) is 6.42 Å². The molecule has 2 rings (SSSR count). The lowest BCUT2D eigenvalue weighted by atomic mass is 10.1. The molecule has 1 heterocycles. The van der Waals surface area contributed by atoms with E-state index in [0.29, 0.717) is 17.5 Å². The predicted molar refractivity (Wildman–Crippen MR) is 48.3 cm³/mol. The van der Waals surface area contributed by atoms with Crippen molar-refractivity contribution in [3.63, 3.8) is 0 Å². The van der Waals surface area contributed by atoms with E-state index in [1.807, 2.05) is 0 Å². The molecule has 0 saturated heterocycles. The Morgan fingerprint density at radius 1 is 1.54 bits per heavy atom. The molecule has 1 aromatic rings. The summed E-state index contributed by atoms with van der Waals surface area (Å²) in [6, 6.07) is 2.08. The molecule has 0 aliphatic heterocycles. The Hall–Kier alpha value is -1.14. The maximum absolute atomic E-state index is 8.61. The van der Waals surface area contributed by atoms with Crippen LogP contribution in [0, 0.1) is 11.3 Å². The van der Waals surface area contributed by atoms with Gasteiger partial charge in [0.2, 0.25) is 0 Å². The van der Waals surface area contributed by atoms with Crippen LogP contribution in [0.4, 0.5) is 0 Å². The molecule has 66 valence electrons. The van der Waals surface area contributed by atoms with Gasteiger partial charge in [0.1, 0.15) is 11.5 Å². The van der Waals surface area contributed by atoms with Gasteiger partial charge in [-0.2, -0.15) is 5.26 Å². The summed E-state index contributed by atoms with van der Waals surface area (Å²) in [5, 5.41) is 9.04. The number of nitrogens with zero attached hydrogens (tertiary/aromatic N) is 3. The highest BCUT2D eigenvalue weighted by molar-refractivity contribution is 6.30. The lowest BCUT2D eigenvalue weighted by molar-refractivity contribution is 0.942. The lowest BCUT2D eigenvalue weighted by Crippen LogP contribution is -1.98. The highest BCUT2D eigenvalue weighted by Crippen LogP contribution is 2.41. The van der Waals surface area contributed by atoms with Crippen LogP contribution < -0.4 is 0 Å². The number of hydrogen-bond donors (Lipinski definition) is 0. The quantitative estimate of drug-likeness (QED) is 0.676. The SMILES string of the molecule is N#CCc1c(Cl)ncnc1C1CC1. The van der Waals surface area contributed by atoms with Crippen molar-refractivity contribution in [1.82, 2.24) is 9.97 Å². The second-order valence-corrected chi connectivity index (χ2v) is 3.50. The maximum Gasteiger partial charge on any atom is 0.136 e. The van der Waals surface area contributed by atoms with Gasteiger partial charge in [0.05, 0.1) is 18.2 Å². The Kier molecular flexibility index (Phi) is 2.15. The van der Waals surface area contributed by atoms with Gasteiger partial charge in [0.25, 0.3) is 0 Å². The smallest absolute Gasteiger partial charge is 0.136 e. The Morgan fingerprint density at radius 3 is 2.92 bits per heavy atom. The van der Waals surface area contributed by atoms with Gasteiger partial charge in [-0.1, -0.05) is 11.6 Å². The molecule has 0 unspecified atom stereocenters. The zero-order chi connectivity index (χ0) is 9.26. The van der Waals surface area contributed by atoms with Crippen molar-refractivity contribution in [3.05, 3.63) is 22.7 Å². The topological polar surface area (TPSA) is 49.6 Å². The molecule has 0 spiro atoms. The van der Waals surface area contributed by atoms with Crippen LogP contribution in [-0.4, -0.2) is 9.97 Å². The van der Waals surface area contributed by atoms with Crippen LogP contribution >= 0.6 is 11.6 Å². The second kappa shape index (κ2) is 3.31. The highest BCUT2D eigenvalue weighted by atomic mass is 35.5. The molecular weight excluding hydrogens is 186 g/mol. The highest BCUT2D eigenvalue weighted by Gasteiger charge is 2.28. The fourth-order valence-corrected chi connectivity index (χ4v) is 1.56. The molecule has 3 nitrogen and oxygen atoms in total. The van der Waals surface area contributed by atoms with E-state index in [4.69, 9.17) is 16.9 Å². The van der Waals surface area contributed by atoms with E-state index < -0.39 is 0 Å². The van der Waals surface area contributed by atoms with Gasteiger partial charge in [-0.3, -0.25) is 0 Å². The third-order valence-corrected chi connectivity index (χ3v) is 2.47. The molecule has 0 aromatic carbocycles. The summed E-state index contributed by atoms with van der Waals surface area (Å²) in [6.45, 7) is 0. The van der Waals surface area contributed by atoms with Gasteiger partial charge in [0.15, 0.2) is 0 Å². The largest absolute Gasteiger partial charge is 0.241 e. The van der Waals surface area contributed by atoms with E-state index >= 15 is 0 Å². The minimum absolute atomic E-state index is 0.311. The summed E-state index contributed by atoms with van der Waals surface area (Å²) >= 11 is 5.88. The van der Waals surface area contributed by atoms with Gasteiger partial charge in [-0.15, -0.1) is 0 Å². The molecule has 0 bridgehead atoms. The molecule has 0 atom stereocenters. The predicted octanol–water partition coefficient (Wildman–Crippen LogP) is 2.07. The first kappa shape index (κ1) is 8.46. The van der Waals surface area contributed by atoms with Gasteiger partial charge in [0, 0.05) is 11.5 Å². The van der Waals surface area contributed by atoms with Gasteiger partial charge in [-0.05, 0) is 12.8 Å². The van der Waals surface area contributed by atoms with Gasteiger partial charge in [-0.25, -0.2) is 9.97 Å². The van der Waals surface area contributed by atoms with Gasteiger partial charge < -0.3 is 0 Å². The van der Waals surface area contributed by atoms with Crippen LogP contribution in [0.1, 0.15) is 30.0 Å². The summed E-state index contributed by atoms with van der Waals surface area (Å²) in [5.41, 5.74) is 1.79. The standard InChI is InChI=1S/C9H8ClN3/c10-9-7(3-4-11)8(6-1-2-6)12-5-13-9/h5-6H,1-3H2. The molecule has 4 heteroatoms. The molecule has 1 saturated carbocycles. The molecule has 13 heavy (non-hydrogen) atoms. The minimum Gasteiger partial charge on any atom is -0.241 e. The fraction of sp³-hybridized carbons (Fsp3) is 0.444. The molecule has 1 aromatic heterocycles. The number of hydrogen-bond acceptors (Lipinski definition) is 3. The number of aromatic nitrogens is 2. The molecule has 0 radical (unpaired) electrons. The number of nitriles is 1. The Balaban J connectivity index is 2.42. The maximum atomic E-state index is 8.61. The van der Waals surface area contributed by atoms with E-state index in [1.165, 1.54) is 6.33 Å². The van der Waals surface area contributed by atoms with Crippen molar-refractivity contribution in [3.8, 4) is 6.07 Å². The third-order valence-electron chi connectivity index (χ3n) is 2.15. The van der Waals surface area contributed by atoms with E-state index in [0.717, 1.165) is 24.1 Å². The van der Waals surface area contributed by atoms with Crippen molar-refractivity contribution in [2.75, 3.05) is 0 Å². The average molecular weight is 194 g/mol. The minimum atomic E-state index is 0.311. The van der Waals surface area contributed by atoms with E-state index in [-0.39, 0.29) is 0 Å². The summed E-state index contributed by atoms with van der Waals surface area (Å²) in [5.74, 6) is 0.517. The Bertz CT molecular complexity index is 366. The van der Waals surface area contributed by atoms with E-state index in [9.17, 15) is 0 Å². The Labute approximate surface area is 81.4 Å². The van der Waals surface area contributed by atoms with Crippen molar-refractivity contribution < 1.29 is 0 Å². The summed E-state index contributed by atoms with van der Waals surface area (Å²) in [4.78, 5) is 8.05. The first-order valence-electron chi connectivity index (χ1n) is 4.19. The van der Waals surface area contributed by atoms with Crippen LogP contribution in [0.5, 0.6) is 0 Å². The van der Waals surface area contributed by atoms with Crippen LogP contribution in [0.15, 0.2) is 6.33 Å². The zero-order valence-electron chi connectivity index (χ0n) is 7.00. The van der Waals surface area contributed by atoms with Crippen molar-refractivity contribution in [2.45, 2.75) is 25.2 Å². The molecule has 1 fully saturated rings. The molecule has 0 N–H and O–H groups in total. The van der Waals surface area contributed by atoms with Crippen LogP contribution in [0.25, 0.3) is 0 Å². The first-order valence-corrected chi connectivity index (χ1v) is 4.57. The van der Waals surface area contributed by atoms with Crippen LogP contribution in [0.3, 0.4) is 0 Å². The Morgan fingerprint density at radius 2 is 2.31 bits per heavy atom. The monoisotopic (exact) mass is 193 g/mol. The van der Waals surface area contributed by atoms with E-state index in [1.54, 1.807) is 0 Å². The average Bonchev–Trinajstić information content (AvgIpc) is 2.92. The molecular formula is C9H8ClN3. The number of halogens is 1. The third kappa shape index (κ3) is 1.63. The van der Waals surface area contributed by atoms with Gasteiger partial charge >= 0.3 is 0 Å². The number of rotatable bonds is 2. The second-order valence-electron chi connectivity index (χ2n) is 3.14. The fourth-order valence-electron chi connectivity index (χ4n) is 1.35. The molecule has 1 aliphatic carbocycles. The van der Waals surface area contributed by atoms with Crippen LogP contribution in [0.2, 0.25) is 5.15 Å². The summed E-state index contributed by atoms with van der Waals surface area (Å²) in [6.07, 6.45) is 4.10. The van der Waals surface area contributed by atoms with Crippen molar-refractivity contribution >= 4 is 11.6 Å². The van der Waals surface area contributed by atoms with E-state index in [2.05, 4.69) is 16.0 Å². The zero-order valence-corrected chi connectivity index (χ0v) is 7.75.